The SMILES string of the molecule is FC(F)(F)c1ccc(NC2CCOC3(CCCCC3)C2)nc1. The van der Waals surface area contributed by atoms with E-state index in [4.69, 9.17) is 4.74 Å². The molecule has 0 aromatic carbocycles. The topological polar surface area (TPSA) is 34.1 Å². The fourth-order valence-corrected chi connectivity index (χ4v) is 3.55. The molecule has 122 valence electrons. The third-order valence-corrected chi connectivity index (χ3v) is 4.70. The largest absolute Gasteiger partial charge is 0.417 e. The van der Waals surface area contributed by atoms with Crippen LogP contribution in [0.3, 0.4) is 0 Å². The lowest BCUT2D eigenvalue weighted by Crippen LogP contribution is -2.45. The van der Waals surface area contributed by atoms with Crippen molar-refractivity contribution in [3.05, 3.63) is 23.9 Å². The van der Waals surface area contributed by atoms with Crippen LogP contribution in [0.25, 0.3) is 0 Å². The van der Waals surface area contributed by atoms with E-state index in [1.807, 2.05) is 0 Å². The van der Waals surface area contributed by atoms with Gasteiger partial charge in [0.25, 0.3) is 0 Å². The molecule has 1 N–H and O–H groups in total. The van der Waals surface area contributed by atoms with Gasteiger partial charge in [-0.05, 0) is 37.8 Å². The minimum Gasteiger partial charge on any atom is -0.375 e. The number of ether oxygens (including phenoxy) is 1. The number of nitrogens with zero attached hydrogens (tertiary/aromatic N) is 1. The predicted octanol–water partition coefficient (Wildman–Crippen LogP) is 4.39. The third-order valence-electron chi connectivity index (χ3n) is 4.70. The molecule has 1 aliphatic heterocycles. The van der Waals surface area contributed by atoms with E-state index < -0.39 is 11.7 Å². The van der Waals surface area contributed by atoms with E-state index in [0.29, 0.717) is 12.4 Å². The average Bonchev–Trinajstić information content (AvgIpc) is 2.48. The number of rotatable bonds is 2. The number of alkyl halides is 3. The second-order valence-electron chi connectivity index (χ2n) is 6.36. The molecule has 2 heterocycles. The fraction of sp³-hybridized carbons (Fsp3) is 0.688. The Hall–Kier alpha value is -1.30. The Balaban J connectivity index is 1.63. The summed E-state index contributed by atoms with van der Waals surface area (Å²) in [5.74, 6) is 0.505. The summed E-state index contributed by atoms with van der Waals surface area (Å²) in [4.78, 5) is 3.90. The summed E-state index contributed by atoms with van der Waals surface area (Å²) in [7, 11) is 0. The average molecular weight is 314 g/mol. The molecule has 1 atom stereocenters. The quantitative estimate of drug-likeness (QED) is 0.879. The van der Waals surface area contributed by atoms with Gasteiger partial charge in [0.15, 0.2) is 0 Å². The highest BCUT2D eigenvalue weighted by Gasteiger charge is 2.38. The third kappa shape index (κ3) is 3.54. The van der Waals surface area contributed by atoms with Crippen molar-refractivity contribution in [3.63, 3.8) is 0 Å². The van der Waals surface area contributed by atoms with Crippen LogP contribution in [0.15, 0.2) is 18.3 Å². The molecular formula is C16H21F3N2O. The second kappa shape index (κ2) is 6.07. The zero-order chi connectivity index (χ0) is 15.6. The Bertz CT molecular complexity index is 490. The Morgan fingerprint density at radius 1 is 1.18 bits per heavy atom. The van der Waals surface area contributed by atoms with Crippen LogP contribution in [0.5, 0.6) is 0 Å². The molecular weight excluding hydrogens is 293 g/mol. The number of hydrogen-bond donors (Lipinski definition) is 1. The van der Waals surface area contributed by atoms with Crippen molar-refractivity contribution in [3.8, 4) is 0 Å². The number of hydrogen-bond acceptors (Lipinski definition) is 3. The lowest BCUT2D eigenvalue weighted by molar-refractivity contribution is -0.137. The first-order chi connectivity index (χ1) is 10.5. The highest BCUT2D eigenvalue weighted by Crippen LogP contribution is 2.39. The Labute approximate surface area is 128 Å². The Morgan fingerprint density at radius 3 is 2.59 bits per heavy atom. The van der Waals surface area contributed by atoms with E-state index in [2.05, 4.69) is 10.3 Å². The second-order valence-corrected chi connectivity index (χ2v) is 6.36. The highest BCUT2D eigenvalue weighted by atomic mass is 19.4. The van der Waals surface area contributed by atoms with E-state index in [1.165, 1.54) is 25.3 Å². The van der Waals surface area contributed by atoms with Crippen molar-refractivity contribution in [2.45, 2.75) is 62.8 Å². The molecule has 1 aromatic rings. The van der Waals surface area contributed by atoms with Gasteiger partial charge in [0.2, 0.25) is 0 Å². The zero-order valence-electron chi connectivity index (χ0n) is 12.5. The van der Waals surface area contributed by atoms with E-state index in [-0.39, 0.29) is 11.6 Å². The van der Waals surface area contributed by atoms with Gasteiger partial charge in [0.05, 0.1) is 11.2 Å². The summed E-state index contributed by atoms with van der Waals surface area (Å²) in [6.45, 7) is 0.707. The molecule has 0 bridgehead atoms. The summed E-state index contributed by atoms with van der Waals surface area (Å²) >= 11 is 0. The Kier molecular flexibility index (Phi) is 4.30. The van der Waals surface area contributed by atoms with Crippen molar-refractivity contribution in [2.75, 3.05) is 11.9 Å². The first-order valence-electron chi connectivity index (χ1n) is 7.91. The van der Waals surface area contributed by atoms with Crippen molar-refractivity contribution in [1.29, 1.82) is 0 Å². The van der Waals surface area contributed by atoms with Gasteiger partial charge in [-0.25, -0.2) is 4.98 Å². The van der Waals surface area contributed by atoms with Crippen LogP contribution in [-0.4, -0.2) is 23.2 Å². The first kappa shape index (κ1) is 15.6. The maximum atomic E-state index is 12.5. The summed E-state index contributed by atoms with van der Waals surface area (Å²) < 4.78 is 43.6. The molecule has 3 rings (SSSR count). The van der Waals surface area contributed by atoms with Crippen LogP contribution in [0.2, 0.25) is 0 Å². The number of aromatic nitrogens is 1. The molecule has 2 fully saturated rings. The highest BCUT2D eigenvalue weighted by molar-refractivity contribution is 5.37. The van der Waals surface area contributed by atoms with Gasteiger partial charge >= 0.3 is 6.18 Å². The monoisotopic (exact) mass is 314 g/mol. The van der Waals surface area contributed by atoms with Crippen LogP contribution >= 0.6 is 0 Å². The summed E-state index contributed by atoms with van der Waals surface area (Å²) in [5, 5.41) is 3.27. The minimum atomic E-state index is -4.34. The molecule has 6 heteroatoms. The lowest BCUT2D eigenvalue weighted by Gasteiger charge is -2.43. The molecule has 1 aromatic heterocycles. The first-order valence-corrected chi connectivity index (χ1v) is 7.91. The number of anilines is 1. The molecule has 1 saturated heterocycles. The minimum absolute atomic E-state index is 0.0277. The van der Waals surface area contributed by atoms with Crippen LogP contribution in [0, 0.1) is 0 Å². The molecule has 1 saturated carbocycles. The molecule has 1 unspecified atom stereocenters. The van der Waals surface area contributed by atoms with Crippen molar-refractivity contribution < 1.29 is 17.9 Å². The summed E-state index contributed by atoms with van der Waals surface area (Å²) in [6.07, 6.45) is 4.17. The molecule has 0 amide bonds. The molecule has 1 aliphatic carbocycles. The van der Waals surface area contributed by atoms with Crippen LogP contribution in [-0.2, 0) is 10.9 Å². The normalized spacial score (nSPS) is 25.1. The van der Waals surface area contributed by atoms with Gasteiger partial charge in [0, 0.05) is 18.8 Å². The van der Waals surface area contributed by atoms with Crippen molar-refractivity contribution in [2.24, 2.45) is 0 Å². The standard InChI is InChI=1S/C16H21F3N2O/c17-16(18,19)12-4-5-14(20-11-12)21-13-6-9-22-15(10-13)7-2-1-3-8-15/h4-5,11,13H,1-3,6-10H2,(H,20,21). The fourth-order valence-electron chi connectivity index (χ4n) is 3.55. The van der Waals surface area contributed by atoms with Gasteiger partial charge in [0.1, 0.15) is 5.82 Å². The molecule has 0 radical (unpaired) electrons. The number of nitrogens with one attached hydrogen (secondary N) is 1. The van der Waals surface area contributed by atoms with Crippen LogP contribution < -0.4 is 5.32 Å². The van der Waals surface area contributed by atoms with Gasteiger partial charge in [-0.15, -0.1) is 0 Å². The van der Waals surface area contributed by atoms with E-state index in [1.54, 1.807) is 0 Å². The zero-order valence-corrected chi connectivity index (χ0v) is 12.5. The maximum Gasteiger partial charge on any atom is 0.417 e. The van der Waals surface area contributed by atoms with Crippen LogP contribution in [0.1, 0.15) is 50.5 Å². The van der Waals surface area contributed by atoms with Crippen LogP contribution in [0.4, 0.5) is 19.0 Å². The molecule has 3 nitrogen and oxygen atoms in total. The predicted molar refractivity (Wildman–Crippen MR) is 77.7 cm³/mol. The summed E-state index contributed by atoms with van der Waals surface area (Å²) in [6, 6.07) is 2.70. The van der Waals surface area contributed by atoms with Crippen molar-refractivity contribution >= 4 is 5.82 Å². The maximum absolute atomic E-state index is 12.5. The summed E-state index contributed by atoms with van der Waals surface area (Å²) in [5.41, 5.74) is -0.742. The van der Waals surface area contributed by atoms with Gasteiger partial charge in [-0.2, -0.15) is 13.2 Å². The Morgan fingerprint density at radius 2 is 1.95 bits per heavy atom. The van der Waals surface area contributed by atoms with E-state index >= 15 is 0 Å². The van der Waals surface area contributed by atoms with Gasteiger partial charge < -0.3 is 10.1 Å². The molecule has 1 spiro atoms. The van der Waals surface area contributed by atoms with Gasteiger partial charge in [-0.1, -0.05) is 19.3 Å². The lowest BCUT2D eigenvalue weighted by atomic mass is 9.78. The molecule has 2 aliphatic rings. The smallest absolute Gasteiger partial charge is 0.375 e. The van der Waals surface area contributed by atoms with E-state index in [0.717, 1.165) is 37.9 Å². The number of halogens is 3. The van der Waals surface area contributed by atoms with Gasteiger partial charge in [-0.3, -0.25) is 0 Å². The van der Waals surface area contributed by atoms with E-state index in [9.17, 15) is 13.2 Å². The van der Waals surface area contributed by atoms with Crippen molar-refractivity contribution in [1.82, 2.24) is 4.98 Å². The molecule has 22 heavy (non-hydrogen) atoms. The number of pyridine rings is 1.